The summed E-state index contributed by atoms with van der Waals surface area (Å²) >= 11 is 0. The Morgan fingerprint density at radius 3 is 2.79 bits per heavy atom. The molecule has 1 aliphatic rings. The molecule has 7 nitrogen and oxygen atoms in total. The minimum absolute atomic E-state index is 0.306. The van der Waals surface area contributed by atoms with E-state index in [9.17, 15) is 14.4 Å². The van der Waals surface area contributed by atoms with Crippen LogP contribution in [0.4, 0.5) is 0 Å². The quantitative estimate of drug-likeness (QED) is 0.671. The van der Waals surface area contributed by atoms with Crippen molar-refractivity contribution in [1.29, 1.82) is 0 Å². The molecule has 3 rings (SSSR count). The number of nitrogens with one attached hydrogen (secondary N) is 2. The van der Waals surface area contributed by atoms with Gasteiger partial charge in [0.05, 0.1) is 11.6 Å². The monoisotopic (exact) mass is 261 g/mol. The minimum atomic E-state index is -0.655. The number of aromatic nitrogens is 1. The molecule has 0 bridgehead atoms. The van der Waals surface area contributed by atoms with Crippen LogP contribution < -0.4 is 16.4 Å². The van der Waals surface area contributed by atoms with Gasteiger partial charge in [0.1, 0.15) is 0 Å². The van der Waals surface area contributed by atoms with Crippen LogP contribution >= 0.6 is 0 Å². The van der Waals surface area contributed by atoms with Crippen molar-refractivity contribution in [2.75, 3.05) is 6.54 Å². The molecule has 2 aromatic rings. The Labute approximate surface area is 107 Å². The van der Waals surface area contributed by atoms with Crippen LogP contribution in [-0.4, -0.2) is 22.9 Å². The van der Waals surface area contributed by atoms with Crippen LogP contribution in [0.15, 0.2) is 27.4 Å². The number of fused-ring (bicyclic) bond motifs is 1. The fourth-order valence-corrected chi connectivity index (χ4v) is 2.11. The predicted molar refractivity (Wildman–Crippen MR) is 65.3 cm³/mol. The van der Waals surface area contributed by atoms with Crippen molar-refractivity contribution < 1.29 is 14.0 Å². The summed E-state index contributed by atoms with van der Waals surface area (Å²) in [7, 11) is 1.61. The van der Waals surface area contributed by atoms with Crippen LogP contribution in [0, 0.1) is 0 Å². The lowest BCUT2D eigenvalue weighted by Crippen LogP contribution is -2.51. The number of oxazole rings is 1. The number of hydrogen-bond acceptors (Lipinski definition) is 4. The summed E-state index contributed by atoms with van der Waals surface area (Å²) in [6, 6.07) is 4.89. The average Bonchev–Trinajstić information content (AvgIpc) is 2.68. The number of rotatable bonds is 1. The van der Waals surface area contributed by atoms with E-state index in [1.54, 1.807) is 25.2 Å². The summed E-state index contributed by atoms with van der Waals surface area (Å²) < 4.78 is 6.42. The Morgan fingerprint density at radius 1 is 1.26 bits per heavy atom. The minimum Gasteiger partial charge on any atom is -0.408 e. The van der Waals surface area contributed by atoms with Crippen molar-refractivity contribution in [2.45, 2.75) is 6.04 Å². The van der Waals surface area contributed by atoms with Crippen LogP contribution in [0.5, 0.6) is 0 Å². The smallest absolute Gasteiger partial charge is 0.408 e. The molecule has 1 aromatic heterocycles. The summed E-state index contributed by atoms with van der Waals surface area (Å²) in [5, 5.41) is 5.11. The first-order valence-corrected chi connectivity index (χ1v) is 5.74. The van der Waals surface area contributed by atoms with Gasteiger partial charge in [-0.1, -0.05) is 6.07 Å². The predicted octanol–water partition coefficient (Wildman–Crippen LogP) is -0.581. The van der Waals surface area contributed by atoms with E-state index in [2.05, 4.69) is 10.6 Å². The van der Waals surface area contributed by atoms with Gasteiger partial charge in [-0.05, 0) is 17.7 Å². The van der Waals surface area contributed by atoms with Crippen molar-refractivity contribution in [1.82, 2.24) is 15.2 Å². The van der Waals surface area contributed by atoms with Gasteiger partial charge in [-0.25, -0.2) is 4.79 Å². The van der Waals surface area contributed by atoms with E-state index >= 15 is 0 Å². The van der Waals surface area contributed by atoms with E-state index in [0.29, 0.717) is 17.6 Å². The first-order chi connectivity index (χ1) is 9.06. The third-order valence-corrected chi connectivity index (χ3v) is 3.20. The van der Waals surface area contributed by atoms with Crippen LogP contribution in [0.3, 0.4) is 0 Å². The molecule has 2 amide bonds. The maximum atomic E-state index is 11.4. The molecule has 2 N–H and O–H groups in total. The largest absolute Gasteiger partial charge is 0.419 e. The van der Waals surface area contributed by atoms with Crippen molar-refractivity contribution in [3.8, 4) is 0 Å². The number of benzene rings is 1. The number of hydrogen-bond donors (Lipinski definition) is 2. The molecule has 2 heterocycles. The molecule has 7 heteroatoms. The summed E-state index contributed by atoms with van der Waals surface area (Å²) in [5.74, 6) is -1.72. The lowest BCUT2D eigenvalue weighted by atomic mass is 10.0. The Morgan fingerprint density at radius 2 is 2.05 bits per heavy atom. The first kappa shape index (κ1) is 11.5. The fraction of sp³-hybridized carbons (Fsp3) is 0.250. The number of piperazine rings is 1. The second-order valence-corrected chi connectivity index (χ2v) is 4.39. The second-order valence-electron chi connectivity index (χ2n) is 4.39. The van der Waals surface area contributed by atoms with E-state index in [-0.39, 0.29) is 6.04 Å². The SMILES string of the molecule is Cn1c(=O)oc2ccc(C3CNC(=O)C(=O)N3)cc21. The first-order valence-electron chi connectivity index (χ1n) is 5.74. The Hall–Kier alpha value is -2.57. The summed E-state index contributed by atoms with van der Waals surface area (Å²) in [5.41, 5.74) is 1.94. The average molecular weight is 261 g/mol. The fourth-order valence-electron chi connectivity index (χ4n) is 2.11. The molecule has 0 saturated carbocycles. The lowest BCUT2D eigenvalue weighted by molar-refractivity contribution is -0.141. The second kappa shape index (κ2) is 3.98. The van der Waals surface area contributed by atoms with Crippen molar-refractivity contribution >= 4 is 22.9 Å². The molecular formula is C12H11N3O4. The standard InChI is InChI=1S/C12H11N3O4/c1-15-8-4-6(2-3-9(8)19-12(15)18)7-5-13-10(16)11(17)14-7/h2-4,7H,5H2,1H3,(H,13,16)(H,14,17). The van der Waals surface area contributed by atoms with Gasteiger partial charge in [0.25, 0.3) is 0 Å². The van der Waals surface area contributed by atoms with Crippen LogP contribution in [0.2, 0.25) is 0 Å². The third-order valence-electron chi connectivity index (χ3n) is 3.20. The highest BCUT2D eigenvalue weighted by Gasteiger charge is 2.26. The van der Waals surface area contributed by atoms with Gasteiger partial charge in [-0.15, -0.1) is 0 Å². The van der Waals surface area contributed by atoms with Crippen molar-refractivity contribution in [3.63, 3.8) is 0 Å². The van der Waals surface area contributed by atoms with Gasteiger partial charge in [-0.3, -0.25) is 14.2 Å². The van der Waals surface area contributed by atoms with E-state index in [1.807, 2.05) is 0 Å². The molecule has 98 valence electrons. The molecule has 1 fully saturated rings. The summed E-state index contributed by atoms with van der Waals surface area (Å²) in [4.78, 5) is 33.8. The van der Waals surface area contributed by atoms with Gasteiger partial charge >= 0.3 is 17.6 Å². The lowest BCUT2D eigenvalue weighted by Gasteiger charge is -2.23. The molecule has 19 heavy (non-hydrogen) atoms. The van der Waals surface area contributed by atoms with Crippen molar-refractivity contribution in [3.05, 3.63) is 34.3 Å². The zero-order chi connectivity index (χ0) is 13.6. The van der Waals surface area contributed by atoms with Gasteiger partial charge in [0, 0.05) is 13.6 Å². The number of nitrogens with zero attached hydrogens (tertiary/aromatic N) is 1. The maximum absolute atomic E-state index is 11.4. The topological polar surface area (TPSA) is 93.3 Å². The van der Waals surface area contributed by atoms with E-state index in [4.69, 9.17) is 4.42 Å². The third kappa shape index (κ3) is 1.79. The van der Waals surface area contributed by atoms with Gasteiger partial charge in [0.2, 0.25) is 0 Å². The zero-order valence-corrected chi connectivity index (χ0v) is 10.1. The molecule has 0 aliphatic carbocycles. The Balaban J connectivity index is 2.01. The highest BCUT2D eigenvalue weighted by molar-refractivity contribution is 6.35. The Bertz CT molecular complexity index is 743. The molecule has 1 aromatic carbocycles. The highest BCUT2D eigenvalue weighted by Crippen LogP contribution is 2.20. The molecule has 0 spiro atoms. The highest BCUT2D eigenvalue weighted by atomic mass is 16.4. The molecular weight excluding hydrogens is 250 g/mol. The summed E-state index contributed by atoms with van der Waals surface area (Å²) in [6.45, 7) is 0.321. The normalized spacial score (nSPS) is 19.3. The summed E-state index contributed by atoms with van der Waals surface area (Å²) in [6.07, 6.45) is 0. The van der Waals surface area contributed by atoms with E-state index in [1.165, 1.54) is 4.57 Å². The van der Waals surface area contributed by atoms with Gasteiger partial charge in [0.15, 0.2) is 5.58 Å². The van der Waals surface area contributed by atoms with Gasteiger partial charge in [-0.2, -0.15) is 0 Å². The maximum Gasteiger partial charge on any atom is 0.419 e. The molecule has 0 radical (unpaired) electrons. The number of amides is 2. The van der Waals surface area contributed by atoms with Crippen LogP contribution in [-0.2, 0) is 16.6 Å². The van der Waals surface area contributed by atoms with Crippen LogP contribution in [0.1, 0.15) is 11.6 Å². The molecule has 1 saturated heterocycles. The van der Waals surface area contributed by atoms with E-state index in [0.717, 1.165) is 5.56 Å². The number of aryl methyl sites for hydroxylation is 1. The van der Waals surface area contributed by atoms with Crippen molar-refractivity contribution in [2.24, 2.45) is 7.05 Å². The van der Waals surface area contributed by atoms with Gasteiger partial charge < -0.3 is 15.1 Å². The van der Waals surface area contributed by atoms with Crippen LogP contribution in [0.25, 0.3) is 11.1 Å². The molecule has 1 unspecified atom stereocenters. The molecule has 1 atom stereocenters. The molecule has 1 aliphatic heterocycles. The number of carbonyl (C=O) groups excluding carboxylic acids is 2. The Kier molecular flexibility index (Phi) is 2.41. The zero-order valence-electron chi connectivity index (χ0n) is 10.1. The number of carbonyl (C=O) groups is 2. The van der Waals surface area contributed by atoms with E-state index < -0.39 is 17.6 Å².